The Labute approximate surface area is 236 Å². The van der Waals surface area contributed by atoms with Gasteiger partial charge in [0.2, 0.25) is 0 Å². The summed E-state index contributed by atoms with van der Waals surface area (Å²) < 4.78 is 51.5. The van der Waals surface area contributed by atoms with Crippen molar-refractivity contribution >= 4 is 17.5 Å². The van der Waals surface area contributed by atoms with Gasteiger partial charge in [0.15, 0.2) is 6.61 Å². The van der Waals surface area contributed by atoms with E-state index in [0.717, 1.165) is 12.1 Å². The summed E-state index contributed by atoms with van der Waals surface area (Å²) in [4.78, 5) is 17.1. The van der Waals surface area contributed by atoms with Crippen molar-refractivity contribution in [3.05, 3.63) is 63.7 Å². The van der Waals surface area contributed by atoms with E-state index in [-0.39, 0.29) is 54.2 Å². The van der Waals surface area contributed by atoms with Crippen molar-refractivity contribution in [2.24, 2.45) is 0 Å². The molecule has 216 valence electrons. The van der Waals surface area contributed by atoms with E-state index >= 15 is 8.78 Å². The number of amides is 1. The minimum absolute atomic E-state index is 0.0547. The number of rotatable bonds is 14. The van der Waals surface area contributed by atoms with Crippen molar-refractivity contribution in [1.82, 2.24) is 9.80 Å². The van der Waals surface area contributed by atoms with E-state index in [9.17, 15) is 9.18 Å². The van der Waals surface area contributed by atoms with Crippen LogP contribution in [0.5, 0.6) is 5.75 Å². The molecule has 0 bridgehead atoms. The molecular weight excluding hydrogens is 525 g/mol. The lowest BCUT2D eigenvalue weighted by Gasteiger charge is -2.35. The molecule has 2 aromatic carbocycles. The topological polar surface area (TPSA) is 32.8 Å². The number of nitrogens with zero attached hydrogens (tertiary/aromatic N) is 2. The Morgan fingerprint density at radius 2 is 1.36 bits per heavy atom. The number of piperazine rings is 1. The first-order valence-electron chi connectivity index (χ1n) is 14.2. The summed E-state index contributed by atoms with van der Waals surface area (Å²) in [6.45, 7) is 8.54. The highest BCUT2D eigenvalue weighted by atomic mass is 35.5. The molecule has 0 saturated carbocycles. The second kappa shape index (κ2) is 15.5. The van der Waals surface area contributed by atoms with Crippen LogP contribution in [0.1, 0.15) is 100 Å². The van der Waals surface area contributed by atoms with Crippen LogP contribution in [0.15, 0.2) is 36.4 Å². The van der Waals surface area contributed by atoms with Crippen molar-refractivity contribution in [2.75, 3.05) is 32.8 Å². The minimum Gasteiger partial charge on any atom is -0.483 e. The lowest BCUT2D eigenvalue weighted by Crippen LogP contribution is -2.49. The van der Waals surface area contributed by atoms with E-state index in [2.05, 4.69) is 4.90 Å². The van der Waals surface area contributed by atoms with Gasteiger partial charge in [0.25, 0.3) is 5.91 Å². The number of carbonyl (C=O) groups excluding carboxylic acids is 1. The fourth-order valence-electron chi connectivity index (χ4n) is 4.98. The van der Waals surface area contributed by atoms with Crippen LogP contribution in [-0.4, -0.2) is 48.5 Å². The van der Waals surface area contributed by atoms with Gasteiger partial charge in [0, 0.05) is 48.9 Å². The minimum atomic E-state index is -1.43. The molecule has 1 fully saturated rings. The molecule has 39 heavy (non-hydrogen) atoms. The van der Waals surface area contributed by atoms with E-state index in [1.165, 1.54) is 12.1 Å². The zero-order valence-electron chi connectivity index (χ0n) is 23.4. The predicted octanol–water partition coefficient (Wildman–Crippen LogP) is 8.50. The Kier molecular flexibility index (Phi) is 12.4. The van der Waals surface area contributed by atoms with E-state index < -0.39 is 18.5 Å². The fraction of sp³-hybridized carbons (Fsp3) is 0.581. The van der Waals surface area contributed by atoms with Crippen molar-refractivity contribution in [3.63, 3.8) is 0 Å². The highest BCUT2D eigenvalue weighted by molar-refractivity contribution is 6.30. The van der Waals surface area contributed by atoms with Crippen LogP contribution in [0.2, 0.25) is 5.02 Å². The molecule has 1 aliphatic rings. The van der Waals surface area contributed by atoms with Gasteiger partial charge in [-0.25, -0.2) is 13.2 Å². The summed E-state index contributed by atoms with van der Waals surface area (Å²) in [5, 5.41) is 0.697. The largest absolute Gasteiger partial charge is 0.483 e. The molecular formula is C31H42ClF3N2O2. The van der Waals surface area contributed by atoms with Crippen molar-refractivity contribution in [3.8, 4) is 5.75 Å². The molecule has 0 aromatic heterocycles. The van der Waals surface area contributed by atoms with Gasteiger partial charge in [0.05, 0.1) is 0 Å². The summed E-state index contributed by atoms with van der Waals surface area (Å²) in [6.07, 6.45) is -1.73. The second-order valence-electron chi connectivity index (χ2n) is 10.4. The maximum absolute atomic E-state index is 15.3. The standard InChI is InChI=1S/C31H42ClF3N2O2/c1-4-7-27(33)23-18-25(28(34)8-5-2)31(26(19-23)29(35)9-6-3)39-21-30(38)37-16-14-36(15-17-37)20-22-10-12-24(32)13-11-22/h10-13,18-19,27-29H,4-9,14-17,20-21H2,1-3H3. The van der Waals surface area contributed by atoms with Gasteiger partial charge in [-0.05, 0) is 54.7 Å². The molecule has 1 amide bonds. The van der Waals surface area contributed by atoms with Gasteiger partial charge in [0.1, 0.15) is 24.3 Å². The monoisotopic (exact) mass is 566 g/mol. The number of hydrogen-bond acceptors (Lipinski definition) is 3. The van der Waals surface area contributed by atoms with Gasteiger partial charge in [-0.1, -0.05) is 63.8 Å². The molecule has 3 unspecified atom stereocenters. The zero-order valence-corrected chi connectivity index (χ0v) is 24.2. The van der Waals surface area contributed by atoms with Crippen molar-refractivity contribution in [2.45, 2.75) is 84.4 Å². The first-order chi connectivity index (χ1) is 18.8. The maximum atomic E-state index is 15.3. The van der Waals surface area contributed by atoms with E-state index in [0.29, 0.717) is 50.5 Å². The van der Waals surface area contributed by atoms with Crippen LogP contribution in [0.3, 0.4) is 0 Å². The van der Waals surface area contributed by atoms with Crippen LogP contribution in [0.25, 0.3) is 0 Å². The molecule has 3 rings (SSSR count). The molecule has 2 aromatic rings. The number of halogens is 4. The molecule has 0 N–H and O–H groups in total. The first-order valence-corrected chi connectivity index (χ1v) is 14.6. The molecule has 8 heteroatoms. The summed E-state index contributed by atoms with van der Waals surface area (Å²) in [7, 11) is 0. The van der Waals surface area contributed by atoms with E-state index in [1.54, 1.807) is 4.90 Å². The predicted molar refractivity (Wildman–Crippen MR) is 152 cm³/mol. The SMILES string of the molecule is CCCC(F)c1cc(C(F)CCC)c(OCC(=O)N2CCN(Cc3ccc(Cl)cc3)CC2)c(C(F)CCC)c1. The first kappa shape index (κ1) is 31.3. The lowest BCUT2D eigenvalue weighted by molar-refractivity contribution is -0.135. The number of alkyl halides is 3. The Balaban J connectivity index is 1.73. The van der Waals surface area contributed by atoms with Gasteiger partial charge in [-0.2, -0.15) is 0 Å². The quantitative estimate of drug-likeness (QED) is 0.230. The van der Waals surface area contributed by atoms with Crippen molar-refractivity contribution < 1.29 is 22.7 Å². The van der Waals surface area contributed by atoms with E-state index in [4.69, 9.17) is 16.3 Å². The van der Waals surface area contributed by atoms with Gasteiger partial charge >= 0.3 is 0 Å². The van der Waals surface area contributed by atoms with Gasteiger partial charge in [-0.15, -0.1) is 0 Å². The van der Waals surface area contributed by atoms with Crippen LogP contribution < -0.4 is 4.74 Å². The maximum Gasteiger partial charge on any atom is 0.260 e. The molecule has 1 saturated heterocycles. The number of ether oxygens (including phenoxy) is 1. The van der Waals surface area contributed by atoms with Crippen LogP contribution in [-0.2, 0) is 11.3 Å². The summed E-state index contributed by atoms with van der Waals surface area (Å²) in [6, 6.07) is 10.7. The summed E-state index contributed by atoms with van der Waals surface area (Å²) >= 11 is 5.97. The third kappa shape index (κ3) is 8.87. The molecule has 0 spiro atoms. The molecule has 0 aliphatic carbocycles. The molecule has 3 atom stereocenters. The van der Waals surface area contributed by atoms with Gasteiger partial charge in [-0.3, -0.25) is 9.69 Å². The zero-order chi connectivity index (χ0) is 28.4. The smallest absolute Gasteiger partial charge is 0.260 e. The van der Waals surface area contributed by atoms with Crippen LogP contribution in [0.4, 0.5) is 13.2 Å². The Hall–Kier alpha value is -2.25. The molecule has 0 radical (unpaired) electrons. The molecule has 1 heterocycles. The number of carbonyl (C=O) groups is 1. The lowest BCUT2D eigenvalue weighted by atomic mass is 9.92. The third-order valence-electron chi connectivity index (χ3n) is 7.22. The Morgan fingerprint density at radius 3 is 1.87 bits per heavy atom. The van der Waals surface area contributed by atoms with Crippen molar-refractivity contribution in [1.29, 1.82) is 0 Å². The van der Waals surface area contributed by atoms with E-state index in [1.807, 2.05) is 45.0 Å². The highest BCUT2D eigenvalue weighted by Gasteiger charge is 2.28. The average Bonchev–Trinajstić information content (AvgIpc) is 2.93. The fourth-order valence-corrected chi connectivity index (χ4v) is 5.10. The normalized spacial score (nSPS) is 16.6. The Bertz CT molecular complexity index is 1010. The molecule has 4 nitrogen and oxygen atoms in total. The highest BCUT2D eigenvalue weighted by Crippen LogP contribution is 2.42. The number of benzene rings is 2. The second-order valence-corrected chi connectivity index (χ2v) is 10.8. The summed E-state index contributed by atoms with van der Waals surface area (Å²) in [5.41, 5.74) is 1.71. The third-order valence-corrected chi connectivity index (χ3v) is 7.47. The molecule has 1 aliphatic heterocycles. The number of hydrogen-bond donors (Lipinski definition) is 0. The Morgan fingerprint density at radius 1 is 0.846 bits per heavy atom. The average molecular weight is 567 g/mol. The summed E-state index contributed by atoms with van der Waals surface area (Å²) in [5.74, 6) is -0.174. The van der Waals surface area contributed by atoms with Gasteiger partial charge < -0.3 is 9.64 Å². The van der Waals surface area contributed by atoms with Crippen LogP contribution >= 0.6 is 11.6 Å². The van der Waals surface area contributed by atoms with Crippen LogP contribution in [0, 0.1) is 0 Å².